The fraction of sp³-hybridized carbons (Fsp3) is 0.176. The standard InChI is InChI=1S/C17H15F2N3O3/c18-15(19)16-20-22(11-25-16)14-8-6-12(7-9-14)10-21(17(23)24)13-4-2-1-3-5-13/h1-9,15H,10-11H2,(H,23,24). The lowest BCUT2D eigenvalue weighted by atomic mass is 10.2. The van der Waals surface area contributed by atoms with Gasteiger partial charge in [-0.25, -0.2) is 9.80 Å². The minimum absolute atomic E-state index is 0.0791. The Morgan fingerprint density at radius 3 is 2.44 bits per heavy atom. The van der Waals surface area contributed by atoms with Crippen molar-refractivity contribution in [3.05, 3.63) is 60.2 Å². The third kappa shape index (κ3) is 3.85. The van der Waals surface area contributed by atoms with E-state index in [1.165, 1.54) is 9.91 Å². The van der Waals surface area contributed by atoms with Gasteiger partial charge in [0.1, 0.15) is 0 Å². The first-order valence-corrected chi connectivity index (χ1v) is 7.46. The molecule has 0 fully saturated rings. The Balaban J connectivity index is 1.73. The summed E-state index contributed by atoms with van der Waals surface area (Å²) in [7, 11) is 0. The maximum absolute atomic E-state index is 12.5. The molecule has 0 atom stereocenters. The van der Waals surface area contributed by atoms with E-state index in [0.717, 1.165) is 5.56 Å². The van der Waals surface area contributed by atoms with Crippen molar-refractivity contribution in [1.29, 1.82) is 0 Å². The predicted molar refractivity (Wildman–Crippen MR) is 89.0 cm³/mol. The van der Waals surface area contributed by atoms with Gasteiger partial charge in [-0.2, -0.15) is 8.78 Å². The number of hydrazone groups is 1. The largest absolute Gasteiger partial charge is 0.465 e. The van der Waals surface area contributed by atoms with E-state index in [0.29, 0.717) is 11.4 Å². The molecule has 1 amide bonds. The van der Waals surface area contributed by atoms with Crippen molar-refractivity contribution < 1.29 is 23.4 Å². The molecule has 0 bridgehead atoms. The zero-order valence-corrected chi connectivity index (χ0v) is 13.0. The van der Waals surface area contributed by atoms with Crippen molar-refractivity contribution in [3.8, 4) is 0 Å². The van der Waals surface area contributed by atoms with Crippen LogP contribution in [0.15, 0.2) is 59.7 Å². The first-order valence-electron chi connectivity index (χ1n) is 7.46. The molecule has 25 heavy (non-hydrogen) atoms. The fourth-order valence-electron chi connectivity index (χ4n) is 2.38. The van der Waals surface area contributed by atoms with Crippen molar-refractivity contribution in [2.45, 2.75) is 13.0 Å². The van der Waals surface area contributed by atoms with Crippen molar-refractivity contribution >= 4 is 23.4 Å². The van der Waals surface area contributed by atoms with Gasteiger partial charge >= 0.3 is 12.5 Å². The van der Waals surface area contributed by atoms with E-state index in [4.69, 9.17) is 4.74 Å². The van der Waals surface area contributed by atoms with Crippen LogP contribution in [-0.2, 0) is 11.3 Å². The highest BCUT2D eigenvalue weighted by Crippen LogP contribution is 2.22. The van der Waals surface area contributed by atoms with Gasteiger partial charge in [0.15, 0.2) is 6.73 Å². The molecule has 2 aromatic carbocycles. The molecule has 8 heteroatoms. The molecular formula is C17H15F2N3O3. The molecule has 0 saturated carbocycles. The zero-order valence-electron chi connectivity index (χ0n) is 13.0. The SMILES string of the molecule is O=C(O)N(Cc1ccc(N2COC(C(F)F)=N2)cc1)c1ccccc1. The second-order valence-corrected chi connectivity index (χ2v) is 5.28. The molecule has 0 spiro atoms. The molecule has 0 aromatic heterocycles. The van der Waals surface area contributed by atoms with E-state index >= 15 is 0 Å². The van der Waals surface area contributed by atoms with Gasteiger partial charge < -0.3 is 9.84 Å². The average molecular weight is 347 g/mol. The molecule has 2 aromatic rings. The number of carboxylic acid groups (broad SMARTS) is 1. The highest BCUT2D eigenvalue weighted by molar-refractivity contribution is 5.86. The summed E-state index contributed by atoms with van der Waals surface area (Å²) in [5.41, 5.74) is 1.91. The van der Waals surface area contributed by atoms with Gasteiger partial charge in [-0.15, -0.1) is 5.10 Å². The normalized spacial score (nSPS) is 13.6. The lowest BCUT2D eigenvalue weighted by molar-refractivity contribution is 0.180. The van der Waals surface area contributed by atoms with Gasteiger partial charge in [-0.3, -0.25) is 4.90 Å². The lowest BCUT2D eigenvalue weighted by Crippen LogP contribution is -2.28. The van der Waals surface area contributed by atoms with Gasteiger partial charge in [0.25, 0.3) is 5.90 Å². The van der Waals surface area contributed by atoms with Crippen molar-refractivity contribution in [2.24, 2.45) is 5.10 Å². The number of alkyl halides is 2. The summed E-state index contributed by atoms with van der Waals surface area (Å²) in [6.07, 6.45) is -3.81. The summed E-state index contributed by atoms with van der Waals surface area (Å²) in [4.78, 5) is 12.7. The summed E-state index contributed by atoms with van der Waals surface area (Å²) in [6.45, 7) is 0.0893. The van der Waals surface area contributed by atoms with Crippen LogP contribution in [0, 0.1) is 0 Å². The number of para-hydroxylation sites is 1. The van der Waals surface area contributed by atoms with Crippen LogP contribution in [-0.4, -0.2) is 30.3 Å². The van der Waals surface area contributed by atoms with Crippen LogP contribution in [0.2, 0.25) is 0 Å². The number of benzene rings is 2. The van der Waals surface area contributed by atoms with Crippen LogP contribution >= 0.6 is 0 Å². The number of carbonyl (C=O) groups is 1. The maximum Gasteiger partial charge on any atom is 0.412 e. The summed E-state index contributed by atoms with van der Waals surface area (Å²) < 4.78 is 29.9. The second-order valence-electron chi connectivity index (χ2n) is 5.28. The van der Waals surface area contributed by atoms with E-state index in [1.54, 1.807) is 48.5 Å². The molecule has 130 valence electrons. The van der Waals surface area contributed by atoms with E-state index in [1.807, 2.05) is 6.07 Å². The monoisotopic (exact) mass is 347 g/mol. The summed E-state index contributed by atoms with van der Waals surface area (Å²) in [6, 6.07) is 15.6. The minimum Gasteiger partial charge on any atom is -0.465 e. The Morgan fingerprint density at radius 2 is 1.88 bits per heavy atom. The quantitative estimate of drug-likeness (QED) is 0.895. The van der Waals surface area contributed by atoms with Gasteiger partial charge in [-0.1, -0.05) is 30.3 Å². The van der Waals surface area contributed by atoms with Crippen LogP contribution in [0.4, 0.5) is 25.0 Å². The molecule has 1 N–H and O–H groups in total. The number of hydrogen-bond acceptors (Lipinski definition) is 4. The number of amides is 1. The maximum atomic E-state index is 12.5. The fourth-order valence-corrected chi connectivity index (χ4v) is 2.38. The molecular weight excluding hydrogens is 332 g/mol. The van der Waals surface area contributed by atoms with Crippen LogP contribution in [0.1, 0.15) is 5.56 Å². The van der Waals surface area contributed by atoms with E-state index in [-0.39, 0.29) is 13.3 Å². The Morgan fingerprint density at radius 1 is 1.20 bits per heavy atom. The number of ether oxygens (including phenoxy) is 1. The van der Waals surface area contributed by atoms with Crippen LogP contribution in [0.3, 0.4) is 0 Å². The average Bonchev–Trinajstić information content (AvgIpc) is 3.11. The molecule has 0 saturated heterocycles. The van der Waals surface area contributed by atoms with Gasteiger partial charge in [-0.05, 0) is 29.8 Å². The van der Waals surface area contributed by atoms with Crippen molar-refractivity contribution in [2.75, 3.05) is 16.6 Å². The highest BCUT2D eigenvalue weighted by atomic mass is 19.3. The minimum atomic E-state index is -2.75. The Bertz CT molecular complexity index is 766. The molecule has 0 aliphatic carbocycles. The molecule has 1 aliphatic rings. The number of rotatable bonds is 5. The number of nitrogens with zero attached hydrogens (tertiary/aromatic N) is 3. The van der Waals surface area contributed by atoms with Gasteiger partial charge in [0.05, 0.1) is 12.2 Å². The molecule has 0 unspecified atom stereocenters. The lowest BCUT2D eigenvalue weighted by Gasteiger charge is -2.20. The smallest absolute Gasteiger partial charge is 0.412 e. The van der Waals surface area contributed by atoms with Crippen LogP contribution < -0.4 is 9.91 Å². The number of anilines is 2. The Labute approximate surface area is 142 Å². The first kappa shape index (κ1) is 16.7. The summed E-state index contributed by atoms with van der Waals surface area (Å²) in [5, 5.41) is 14.4. The highest BCUT2D eigenvalue weighted by Gasteiger charge is 2.24. The van der Waals surface area contributed by atoms with Gasteiger partial charge in [0.2, 0.25) is 0 Å². The molecule has 6 nitrogen and oxygen atoms in total. The predicted octanol–water partition coefficient (Wildman–Crippen LogP) is 3.74. The Kier molecular flexibility index (Phi) is 4.78. The molecule has 1 heterocycles. The zero-order chi connectivity index (χ0) is 17.8. The van der Waals surface area contributed by atoms with Crippen LogP contribution in [0.25, 0.3) is 0 Å². The van der Waals surface area contributed by atoms with Crippen LogP contribution in [0.5, 0.6) is 0 Å². The first-order chi connectivity index (χ1) is 12.0. The van der Waals surface area contributed by atoms with E-state index < -0.39 is 18.4 Å². The molecule has 1 aliphatic heterocycles. The second kappa shape index (κ2) is 7.16. The van der Waals surface area contributed by atoms with Gasteiger partial charge in [0, 0.05) is 5.69 Å². The molecule has 3 rings (SSSR count). The number of halogens is 2. The third-order valence-electron chi connectivity index (χ3n) is 3.61. The third-order valence-corrected chi connectivity index (χ3v) is 3.61. The van der Waals surface area contributed by atoms with Crippen molar-refractivity contribution in [1.82, 2.24) is 0 Å². The topological polar surface area (TPSA) is 65.4 Å². The Hall–Kier alpha value is -3.16. The van der Waals surface area contributed by atoms with Crippen molar-refractivity contribution in [3.63, 3.8) is 0 Å². The summed E-state index contributed by atoms with van der Waals surface area (Å²) >= 11 is 0. The van der Waals surface area contributed by atoms with E-state index in [9.17, 15) is 18.7 Å². The van der Waals surface area contributed by atoms with E-state index in [2.05, 4.69) is 5.10 Å². The number of hydrogen-bond donors (Lipinski definition) is 1. The molecule has 0 radical (unpaired) electrons. The summed E-state index contributed by atoms with van der Waals surface area (Å²) in [5.74, 6) is -0.606.